The van der Waals surface area contributed by atoms with Gasteiger partial charge in [0.05, 0.1) is 5.37 Å². The molecular formula is C14H24N2O3S. The molecule has 114 valence electrons. The molecule has 2 rings (SSSR count). The molecule has 1 aliphatic carbocycles. The number of hydrogen-bond donors (Lipinski definition) is 1. The normalized spacial score (nSPS) is 25.8. The lowest BCUT2D eigenvalue weighted by Crippen LogP contribution is -2.52. The summed E-state index contributed by atoms with van der Waals surface area (Å²) in [5.74, 6) is -0.368. The molecule has 20 heavy (non-hydrogen) atoms. The van der Waals surface area contributed by atoms with Crippen LogP contribution in [0, 0.1) is 0 Å². The lowest BCUT2D eigenvalue weighted by molar-refractivity contribution is -0.141. The molecular weight excluding hydrogens is 276 g/mol. The molecule has 2 aliphatic rings. The van der Waals surface area contributed by atoms with Gasteiger partial charge in [-0.25, -0.2) is 9.59 Å². The Labute approximate surface area is 124 Å². The highest BCUT2D eigenvalue weighted by molar-refractivity contribution is 8.00. The number of aliphatic carboxylic acids is 1. The minimum absolute atomic E-state index is 0.0201. The molecule has 1 aliphatic heterocycles. The maximum Gasteiger partial charge on any atom is 0.327 e. The summed E-state index contributed by atoms with van der Waals surface area (Å²) in [5, 5.41) is 9.38. The summed E-state index contributed by atoms with van der Waals surface area (Å²) in [5.41, 5.74) is 0. The van der Waals surface area contributed by atoms with E-state index in [1.807, 2.05) is 4.90 Å². The van der Waals surface area contributed by atoms with E-state index in [1.165, 1.54) is 0 Å². The van der Waals surface area contributed by atoms with Crippen LogP contribution in [0.3, 0.4) is 0 Å². The van der Waals surface area contributed by atoms with Crippen LogP contribution in [0.2, 0.25) is 0 Å². The number of carbonyl (C=O) groups is 2. The number of carbonyl (C=O) groups excluding carboxylic acids is 1. The summed E-state index contributed by atoms with van der Waals surface area (Å²) in [6, 6.07) is -0.392. The van der Waals surface area contributed by atoms with Gasteiger partial charge in [-0.05, 0) is 25.7 Å². The third-order valence-corrected chi connectivity index (χ3v) is 5.19. The molecule has 5 nitrogen and oxygen atoms in total. The molecule has 1 saturated carbocycles. The van der Waals surface area contributed by atoms with E-state index in [9.17, 15) is 14.7 Å². The minimum atomic E-state index is -0.878. The Hall–Kier alpha value is -0.910. The van der Waals surface area contributed by atoms with Crippen LogP contribution in [0.15, 0.2) is 0 Å². The summed E-state index contributed by atoms with van der Waals surface area (Å²) in [6.07, 6.45) is 4.86. The Morgan fingerprint density at radius 1 is 1.30 bits per heavy atom. The molecule has 1 N–H and O–H groups in total. The average Bonchev–Trinajstić information content (AvgIpc) is 3.16. The molecule has 0 radical (unpaired) electrons. The highest BCUT2D eigenvalue weighted by Crippen LogP contribution is 2.36. The van der Waals surface area contributed by atoms with Gasteiger partial charge in [0.1, 0.15) is 6.04 Å². The van der Waals surface area contributed by atoms with Gasteiger partial charge in [-0.1, -0.05) is 20.3 Å². The van der Waals surface area contributed by atoms with E-state index in [2.05, 4.69) is 13.8 Å². The van der Waals surface area contributed by atoms with E-state index in [0.717, 1.165) is 38.6 Å². The number of urea groups is 1. The molecule has 0 spiro atoms. The van der Waals surface area contributed by atoms with Crippen LogP contribution < -0.4 is 0 Å². The first-order chi connectivity index (χ1) is 9.60. The first-order valence-corrected chi connectivity index (χ1v) is 8.58. The molecule has 2 amide bonds. The quantitative estimate of drug-likeness (QED) is 0.819. The summed E-state index contributed by atoms with van der Waals surface area (Å²) < 4.78 is 0. The van der Waals surface area contributed by atoms with E-state index in [-0.39, 0.29) is 11.4 Å². The molecule has 0 bridgehead atoms. The number of amides is 2. The van der Waals surface area contributed by atoms with E-state index < -0.39 is 12.0 Å². The standard InChI is InChI=1S/C14H24N2O3S/c1-3-5-12-16(11(9-20-12)13(17)18)14(19)15(8-4-2)10-6-7-10/h10-12H,3-9H2,1-2H3,(H,17,18). The number of nitrogens with zero attached hydrogens (tertiary/aromatic N) is 2. The van der Waals surface area contributed by atoms with E-state index in [4.69, 9.17) is 0 Å². The predicted molar refractivity (Wildman–Crippen MR) is 79.8 cm³/mol. The first-order valence-electron chi connectivity index (χ1n) is 7.53. The van der Waals surface area contributed by atoms with Crippen molar-refractivity contribution in [3.63, 3.8) is 0 Å². The van der Waals surface area contributed by atoms with Crippen molar-refractivity contribution < 1.29 is 14.7 Å². The van der Waals surface area contributed by atoms with Gasteiger partial charge in [-0.3, -0.25) is 4.90 Å². The van der Waals surface area contributed by atoms with Gasteiger partial charge in [-0.2, -0.15) is 0 Å². The first kappa shape index (κ1) is 15.5. The second-order valence-corrected chi connectivity index (χ2v) is 6.76. The predicted octanol–water partition coefficient (Wildman–Crippen LogP) is 2.61. The highest BCUT2D eigenvalue weighted by Gasteiger charge is 2.45. The fraction of sp³-hybridized carbons (Fsp3) is 0.857. The Kier molecular flexibility index (Phi) is 5.18. The summed E-state index contributed by atoms with van der Waals surface area (Å²) in [4.78, 5) is 27.7. The fourth-order valence-corrected chi connectivity index (χ4v) is 4.20. The van der Waals surface area contributed by atoms with Crippen LogP contribution in [0.25, 0.3) is 0 Å². The number of rotatable bonds is 6. The molecule has 6 heteroatoms. The molecule has 1 heterocycles. The molecule has 0 aromatic rings. The van der Waals surface area contributed by atoms with Crippen molar-refractivity contribution in [1.82, 2.24) is 9.80 Å². The van der Waals surface area contributed by atoms with Gasteiger partial charge in [0.15, 0.2) is 0 Å². The van der Waals surface area contributed by atoms with Crippen LogP contribution in [-0.2, 0) is 4.79 Å². The number of carboxylic acids is 1. The molecule has 0 aromatic carbocycles. The molecule has 1 saturated heterocycles. The summed E-state index contributed by atoms with van der Waals surface area (Å²) in [6.45, 7) is 4.86. The second kappa shape index (κ2) is 6.70. The smallest absolute Gasteiger partial charge is 0.327 e. The van der Waals surface area contributed by atoms with Crippen molar-refractivity contribution in [3.8, 4) is 0 Å². The summed E-state index contributed by atoms with van der Waals surface area (Å²) in [7, 11) is 0. The minimum Gasteiger partial charge on any atom is -0.480 e. The van der Waals surface area contributed by atoms with Crippen LogP contribution >= 0.6 is 11.8 Å². The Balaban J connectivity index is 2.14. The molecule has 2 unspecified atom stereocenters. The number of thioether (sulfide) groups is 1. The Morgan fingerprint density at radius 3 is 2.50 bits per heavy atom. The van der Waals surface area contributed by atoms with Crippen LogP contribution in [0.4, 0.5) is 4.79 Å². The van der Waals surface area contributed by atoms with Crippen molar-refractivity contribution in [3.05, 3.63) is 0 Å². The molecule has 0 aromatic heterocycles. The lowest BCUT2D eigenvalue weighted by Gasteiger charge is -2.33. The molecule has 2 fully saturated rings. The van der Waals surface area contributed by atoms with Gasteiger partial charge in [0.2, 0.25) is 0 Å². The largest absolute Gasteiger partial charge is 0.480 e. The number of carboxylic acid groups (broad SMARTS) is 1. The van der Waals surface area contributed by atoms with Gasteiger partial charge < -0.3 is 10.0 Å². The van der Waals surface area contributed by atoms with Crippen molar-refractivity contribution in [2.24, 2.45) is 0 Å². The van der Waals surface area contributed by atoms with Gasteiger partial charge in [-0.15, -0.1) is 11.8 Å². The van der Waals surface area contributed by atoms with Crippen LogP contribution in [-0.4, -0.2) is 56.7 Å². The van der Waals surface area contributed by atoms with Gasteiger partial charge in [0.25, 0.3) is 0 Å². The maximum atomic E-state index is 12.8. The van der Waals surface area contributed by atoms with E-state index >= 15 is 0 Å². The van der Waals surface area contributed by atoms with Gasteiger partial charge >= 0.3 is 12.0 Å². The van der Waals surface area contributed by atoms with Gasteiger partial charge in [0, 0.05) is 18.3 Å². The SMILES string of the molecule is CCCC1SCC(C(=O)O)N1C(=O)N(CCC)C1CC1. The van der Waals surface area contributed by atoms with E-state index in [1.54, 1.807) is 16.7 Å². The molecule has 2 atom stereocenters. The Morgan fingerprint density at radius 2 is 2.00 bits per heavy atom. The van der Waals surface area contributed by atoms with Crippen molar-refractivity contribution in [2.75, 3.05) is 12.3 Å². The lowest BCUT2D eigenvalue weighted by atomic mass is 10.2. The topological polar surface area (TPSA) is 60.9 Å². The fourth-order valence-electron chi connectivity index (χ4n) is 2.69. The third-order valence-electron chi connectivity index (χ3n) is 3.83. The second-order valence-electron chi connectivity index (χ2n) is 5.55. The zero-order chi connectivity index (χ0) is 14.7. The zero-order valence-electron chi connectivity index (χ0n) is 12.2. The van der Waals surface area contributed by atoms with Crippen LogP contribution in [0.5, 0.6) is 0 Å². The summed E-state index contributed by atoms with van der Waals surface area (Å²) >= 11 is 1.61. The average molecular weight is 300 g/mol. The van der Waals surface area contributed by atoms with Crippen molar-refractivity contribution in [2.45, 2.75) is 63.4 Å². The zero-order valence-corrected chi connectivity index (χ0v) is 13.1. The van der Waals surface area contributed by atoms with Crippen LogP contribution in [0.1, 0.15) is 46.0 Å². The van der Waals surface area contributed by atoms with Crippen molar-refractivity contribution >= 4 is 23.8 Å². The number of hydrogen-bond acceptors (Lipinski definition) is 3. The third kappa shape index (κ3) is 3.22. The van der Waals surface area contributed by atoms with E-state index in [0.29, 0.717) is 11.8 Å². The highest BCUT2D eigenvalue weighted by atomic mass is 32.2. The maximum absolute atomic E-state index is 12.8. The monoisotopic (exact) mass is 300 g/mol. The van der Waals surface area contributed by atoms with Crippen molar-refractivity contribution in [1.29, 1.82) is 0 Å². The Bertz CT molecular complexity index is 373.